The second-order valence-corrected chi connectivity index (χ2v) is 10.8. The van der Waals surface area contributed by atoms with Crippen LogP contribution in [0.3, 0.4) is 0 Å². The van der Waals surface area contributed by atoms with E-state index >= 15 is 0 Å². The number of carbonyl (C=O) groups excluding carboxylic acids is 2. The standard InChI is InChI=1S/C24H25F4N3O6S/c1-31-19-7-6-17(11-22(32)29-15-4-2-3-14(25)9-15)37-21(19)12-36-20-8-5-16(10-18(20)23(31)33)30-38(34,35)13-24(26,27)28/h2-5,8-10,17,19,21,30H,6-7,11-13H2,1H3,(H,29,32)/t17-,19+,21-/m1/s1. The number of anilines is 2. The van der Waals surface area contributed by atoms with Gasteiger partial charge in [0.25, 0.3) is 5.91 Å². The molecule has 0 aliphatic carbocycles. The van der Waals surface area contributed by atoms with Gasteiger partial charge in [0, 0.05) is 18.4 Å². The van der Waals surface area contributed by atoms with Crippen LogP contribution in [0.2, 0.25) is 0 Å². The average molecular weight is 560 g/mol. The highest BCUT2D eigenvalue weighted by Crippen LogP contribution is 2.33. The number of likely N-dealkylation sites (N-methyl/N-ethyl adjacent to an activating group) is 1. The fourth-order valence-electron chi connectivity index (χ4n) is 4.51. The molecule has 2 aromatic rings. The number of nitrogens with zero attached hydrogens (tertiary/aromatic N) is 1. The first kappa shape index (κ1) is 27.6. The Morgan fingerprint density at radius 1 is 1.13 bits per heavy atom. The number of amides is 2. The van der Waals surface area contributed by atoms with Gasteiger partial charge in [0.15, 0.2) is 5.75 Å². The molecular formula is C24H25F4N3O6S. The van der Waals surface area contributed by atoms with Crippen LogP contribution in [0.1, 0.15) is 29.6 Å². The van der Waals surface area contributed by atoms with Crippen molar-refractivity contribution < 1.29 is 45.0 Å². The SMILES string of the molecule is CN1C(=O)c2cc(NS(=O)(=O)CC(F)(F)F)ccc2OC[C@H]2O[C@@H](CC(=O)Nc3cccc(F)c3)CC[C@@H]21. The number of halogens is 4. The Kier molecular flexibility index (Phi) is 7.83. The van der Waals surface area contributed by atoms with E-state index in [1.54, 1.807) is 6.07 Å². The second kappa shape index (κ2) is 10.8. The summed E-state index contributed by atoms with van der Waals surface area (Å²) in [6.45, 7) is 0.0104. The van der Waals surface area contributed by atoms with E-state index in [1.807, 2.05) is 4.72 Å². The zero-order chi connectivity index (χ0) is 27.7. The lowest BCUT2D eigenvalue weighted by Crippen LogP contribution is -2.53. The normalized spacial score (nSPS) is 21.9. The molecule has 2 N–H and O–H groups in total. The van der Waals surface area contributed by atoms with Gasteiger partial charge in [-0.3, -0.25) is 14.3 Å². The summed E-state index contributed by atoms with van der Waals surface area (Å²) in [5.41, 5.74) is 0.0921. The van der Waals surface area contributed by atoms with Crippen molar-refractivity contribution >= 4 is 33.2 Å². The predicted molar refractivity (Wildman–Crippen MR) is 129 cm³/mol. The smallest absolute Gasteiger partial charge is 0.404 e. The van der Waals surface area contributed by atoms with Crippen molar-refractivity contribution in [3.63, 3.8) is 0 Å². The van der Waals surface area contributed by atoms with E-state index in [-0.39, 0.29) is 35.9 Å². The van der Waals surface area contributed by atoms with Crippen LogP contribution in [0.25, 0.3) is 0 Å². The lowest BCUT2D eigenvalue weighted by Gasteiger charge is -2.42. The van der Waals surface area contributed by atoms with Gasteiger partial charge in [-0.25, -0.2) is 12.8 Å². The summed E-state index contributed by atoms with van der Waals surface area (Å²) in [7, 11) is -3.20. The molecule has 206 valence electrons. The number of fused-ring (bicyclic) bond motifs is 2. The van der Waals surface area contributed by atoms with Gasteiger partial charge in [0.2, 0.25) is 15.9 Å². The third kappa shape index (κ3) is 6.92. The Balaban J connectivity index is 1.44. The molecule has 1 fully saturated rings. The van der Waals surface area contributed by atoms with Gasteiger partial charge >= 0.3 is 6.18 Å². The summed E-state index contributed by atoms with van der Waals surface area (Å²) in [6.07, 6.45) is -5.05. The number of alkyl halides is 3. The minimum absolute atomic E-state index is 0.00934. The summed E-state index contributed by atoms with van der Waals surface area (Å²) in [5.74, 6) is -3.33. The molecule has 38 heavy (non-hydrogen) atoms. The highest BCUT2D eigenvalue weighted by atomic mass is 32.2. The molecule has 4 rings (SSSR count). The molecule has 0 unspecified atom stereocenters. The molecule has 2 aromatic carbocycles. The first-order chi connectivity index (χ1) is 17.8. The monoisotopic (exact) mass is 559 g/mol. The van der Waals surface area contributed by atoms with Gasteiger partial charge in [-0.15, -0.1) is 0 Å². The van der Waals surface area contributed by atoms with Crippen molar-refractivity contribution in [1.29, 1.82) is 0 Å². The molecule has 2 amide bonds. The van der Waals surface area contributed by atoms with Gasteiger partial charge in [-0.2, -0.15) is 13.2 Å². The van der Waals surface area contributed by atoms with Crippen LogP contribution in [-0.2, 0) is 19.6 Å². The summed E-state index contributed by atoms with van der Waals surface area (Å²) >= 11 is 0. The van der Waals surface area contributed by atoms with Crippen LogP contribution in [-0.4, -0.2) is 69.0 Å². The Bertz CT molecular complexity index is 1320. The molecule has 2 aliphatic rings. The number of nitrogens with one attached hydrogen (secondary N) is 2. The van der Waals surface area contributed by atoms with Gasteiger partial charge < -0.3 is 19.7 Å². The summed E-state index contributed by atoms with van der Waals surface area (Å²) in [6, 6.07) is 8.69. The minimum atomic E-state index is -4.93. The molecular weight excluding hydrogens is 534 g/mol. The molecule has 0 bridgehead atoms. The van der Waals surface area contributed by atoms with E-state index in [1.165, 1.54) is 42.3 Å². The van der Waals surface area contributed by atoms with Crippen molar-refractivity contribution in [1.82, 2.24) is 4.90 Å². The third-order valence-corrected chi connectivity index (χ3v) is 7.41. The Hall–Kier alpha value is -3.39. The maximum atomic E-state index is 13.4. The Morgan fingerprint density at radius 3 is 2.61 bits per heavy atom. The zero-order valence-electron chi connectivity index (χ0n) is 20.1. The molecule has 1 saturated heterocycles. The van der Waals surface area contributed by atoms with Crippen LogP contribution in [0, 0.1) is 5.82 Å². The van der Waals surface area contributed by atoms with Crippen LogP contribution < -0.4 is 14.8 Å². The molecule has 9 nitrogen and oxygen atoms in total. The number of hydrogen-bond acceptors (Lipinski definition) is 6. The number of sulfonamides is 1. The fraction of sp³-hybridized carbons (Fsp3) is 0.417. The third-order valence-electron chi connectivity index (χ3n) is 6.16. The molecule has 3 atom stereocenters. The maximum Gasteiger partial charge on any atom is 0.404 e. The van der Waals surface area contributed by atoms with E-state index in [9.17, 15) is 35.6 Å². The van der Waals surface area contributed by atoms with Gasteiger partial charge in [0.05, 0.1) is 24.1 Å². The summed E-state index contributed by atoms with van der Waals surface area (Å²) in [5, 5.41) is 2.62. The summed E-state index contributed by atoms with van der Waals surface area (Å²) in [4.78, 5) is 27.1. The van der Waals surface area contributed by atoms with Crippen molar-refractivity contribution in [2.45, 2.75) is 43.7 Å². The van der Waals surface area contributed by atoms with E-state index in [0.29, 0.717) is 18.5 Å². The first-order valence-corrected chi connectivity index (χ1v) is 13.3. The average Bonchev–Trinajstić information content (AvgIpc) is 2.80. The zero-order valence-corrected chi connectivity index (χ0v) is 20.9. The fourth-order valence-corrected chi connectivity index (χ4v) is 5.50. The van der Waals surface area contributed by atoms with Crippen molar-refractivity contribution in [3.8, 4) is 5.75 Å². The van der Waals surface area contributed by atoms with Crippen molar-refractivity contribution in [2.24, 2.45) is 0 Å². The number of ether oxygens (including phenoxy) is 2. The van der Waals surface area contributed by atoms with Crippen molar-refractivity contribution in [2.75, 3.05) is 29.4 Å². The largest absolute Gasteiger partial charge is 0.490 e. The van der Waals surface area contributed by atoms with E-state index in [4.69, 9.17) is 9.47 Å². The van der Waals surface area contributed by atoms with Crippen LogP contribution in [0.5, 0.6) is 5.75 Å². The number of benzene rings is 2. The van der Waals surface area contributed by atoms with E-state index in [2.05, 4.69) is 5.32 Å². The van der Waals surface area contributed by atoms with Crippen molar-refractivity contribution in [3.05, 3.63) is 53.8 Å². The van der Waals surface area contributed by atoms with Crippen LogP contribution in [0.15, 0.2) is 42.5 Å². The molecule has 2 heterocycles. The first-order valence-electron chi connectivity index (χ1n) is 11.6. The Morgan fingerprint density at radius 2 is 1.89 bits per heavy atom. The van der Waals surface area contributed by atoms with Crippen LogP contribution >= 0.6 is 0 Å². The van der Waals surface area contributed by atoms with Crippen LogP contribution in [0.4, 0.5) is 28.9 Å². The van der Waals surface area contributed by atoms with E-state index in [0.717, 1.165) is 6.07 Å². The van der Waals surface area contributed by atoms with E-state index < -0.39 is 51.9 Å². The maximum absolute atomic E-state index is 13.4. The van der Waals surface area contributed by atoms with Gasteiger partial charge in [0.1, 0.15) is 24.3 Å². The van der Waals surface area contributed by atoms with Gasteiger partial charge in [-0.1, -0.05) is 6.07 Å². The minimum Gasteiger partial charge on any atom is -0.490 e. The van der Waals surface area contributed by atoms with Gasteiger partial charge in [-0.05, 0) is 49.2 Å². The highest BCUT2D eigenvalue weighted by Gasteiger charge is 2.40. The number of carbonyl (C=O) groups is 2. The molecule has 0 spiro atoms. The number of rotatable bonds is 6. The molecule has 2 aliphatic heterocycles. The Labute approximate surface area is 216 Å². The number of hydrogen-bond donors (Lipinski definition) is 2. The lowest BCUT2D eigenvalue weighted by atomic mass is 9.94. The molecule has 0 radical (unpaired) electrons. The summed E-state index contributed by atoms with van der Waals surface area (Å²) < 4.78 is 88.4. The second-order valence-electron chi connectivity index (χ2n) is 9.12. The quantitative estimate of drug-likeness (QED) is 0.524. The topological polar surface area (TPSA) is 114 Å². The molecule has 0 aromatic heterocycles. The lowest BCUT2D eigenvalue weighted by molar-refractivity contribution is -0.130. The predicted octanol–water partition coefficient (Wildman–Crippen LogP) is 3.54. The molecule has 14 heteroatoms. The highest BCUT2D eigenvalue weighted by molar-refractivity contribution is 7.92. The molecule has 0 saturated carbocycles.